The van der Waals surface area contributed by atoms with Gasteiger partial charge in [0.05, 0.1) is 18.6 Å². The zero-order valence-electron chi connectivity index (χ0n) is 15.9. The van der Waals surface area contributed by atoms with Gasteiger partial charge in [0.1, 0.15) is 6.10 Å². The minimum atomic E-state index is -1.36. The molecule has 2 amide bonds. The summed E-state index contributed by atoms with van der Waals surface area (Å²) in [6.45, 7) is 6.63. The van der Waals surface area contributed by atoms with Crippen LogP contribution in [0.25, 0.3) is 0 Å². The van der Waals surface area contributed by atoms with Gasteiger partial charge in [0.25, 0.3) is 0 Å². The van der Waals surface area contributed by atoms with Crippen LogP contribution in [0.4, 0.5) is 0 Å². The van der Waals surface area contributed by atoms with Crippen LogP contribution in [0, 0.1) is 11.3 Å². The average Bonchev–Trinajstić information content (AvgIpc) is 2.62. The predicted molar refractivity (Wildman–Crippen MR) is 100 cm³/mol. The van der Waals surface area contributed by atoms with E-state index in [0.717, 1.165) is 11.8 Å². The molecule has 152 valence electrons. The summed E-state index contributed by atoms with van der Waals surface area (Å²) in [6.07, 6.45) is -1.46. The van der Waals surface area contributed by atoms with Crippen molar-refractivity contribution in [3.8, 4) is 0 Å². The van der Waals surface area contributed by atoms with Crippen LogP contribution in [0.15, 0.2) is 0 Å². The lowest BCUT2D eigenvalue weighted by Crippen LogP contribution is -2.46. The molecule has 0 aliphatic heterocycles. The first kappa shape index (κ1) is 24.8. The van der Waals surface area contributed by atoms with Crippen molar-refractivity contribution in [1.82, 2.24) is 10.6 Å². The van der Waals surface area contributed by atoms with E-state index >= 15 is 0 Å². The highest BCUT2D eigenvalue weighted by atomic mass is 32.2. The third-order valence-corrected chi connectivity index (χ3v) is 5.15. The van der Waals surface area contributed by atoms with E-state index in [1.165, 1.54) is 0 Å². The van der Waals surface area contributed by atoms with E-state index in [1.807, 2.05) is 6.92 Å². The summed E-state index contributed by atoms with van der Waals surface area (Å²) in [6, 6.07) is 0. The van der Waals surface area contributed by atoms with Gasteiger partial charge < -0.3 is 26.0 Å². The normalized spacial score (nSPS) is 15.0. The third kappa shape index (κ3) is 8.98. The number of hydrogen-bond acceptors (Lipinski definition) is 7. The molecule has 26 heavy (non-hydrogen) atoms. The maximum atomic E-state index is 11.8. The van der Waals surface area contributed by atoms with Crippen molar-refractivity contribution in [3.05, 3.63) is 0 Å². The number of aliphatic hydroxyl groups excluding tert-OH is 3. The summed E-state index contributed by atoms with van der Waals surface area (Å²) < 4.78 is 0. The number of hydrogen-bond donors (Lipinski definition) is 5. The predicted octanol–water partition coefficient (Wildman–Crippen LogP) is -0.345. The van der Waals surface area contributed by atoms with Gasteiger partial charge in [-0.3, -0.25) is 14.4 Å². The molecular weight excluding hydrogens is 360 g/mol. The van der Waals surface area contributed by atoms with E-state index in [9.17, 15) is 24.6 Å². The highest BCUT2D eigenvalue weighted by molar-refractivity contribution is 8.13. The molecule has 8 nitrogen and oxygen atoms in total. The highest BCUT2D eigenvalue weighted by Crippen LogP contribution is 2.19. The van der Waals surface area contributed by atoms with Gasteiger partial charge in [0.2, 0.25) is 11.8 Å². The first-order valence-corrected chi connectivity index (χ1v) is 9.73. The summed E-state index contributed by atoms with van der Waals surface area (Å²) in [5, 5.41) is 33.5. The van der Waals surface area contributed by atoms with Gasteiger partial charge in [-0.25, -0.2) is 0 Å². The molecule has 9 heteroatoms. The number of carbonyl (C=O) groups excluding carboxylic acids is 3. The molecule has 0 rings (SSSR count). The summed E-state index contributed by atoms with van der Waals surface area (Å²) in [7, 11) is 0. The molecule has 0 bridgehead atoms. The van der Waals surface area contributed by atoms with Gasteiger partial charge in [-0.15, -0.1) is 0 Å². The third-order valence-electron chi connectivity index (χ3n) is 4.08. The quantitative estimate of drug-likeness (QED) is 0.287. The largest absolute Gasteiger partial charge is 0.396 e. The molecule has 0 spiro atoms. The van der Waals surface area contributed by atoms with Crippen molar-refractivity contribution < 1.29 is 29.7 Å². The van der Waals surface area contributed by atoms with Crippen molar-refractivity contribution in [2.75, 3.05) is 25.4 Å². The maximum Gasteiger partial charge on any atom is 0.249 e. The standard InChI is InChI=1S/C17H32N2O6S/c1-5-12(21)11(2)16(25)26-9-8-18-13(22)6-7-19-15(24)14(23)17(3,4)10-20/h11-12,14,20-21,23H,5-10H2,1-4H3,(H,18,22)(H,19,24)/t11-,12?,14-/m0/s1. The molecule has 0 aromatic carbocycles. The molecule has 0 saturated heterocycles. The summed E-state index contributed by atoms with van der Waals surface area (Å²) in [5.41, 5.74) is -0.960. The first-order chi connectivity index (χ1) is 12.1. The Kier molecular flexibility index (Phi) is 11.7. The van der Waals surface area contributed by atoms with E-state index in [2.05, 4.69) is 10.6 Å². The second-order valence-corrected chi connectivity index (χ2v) is 7.97. The fourth-order valence-corrected chi connectivity index (χ4v) is 2.74. The van der Waals surface area contributed by atoms with Crippen LogP contribution in [0.5, 0.6) is 0 Å². The molecule has 0 radical (unpaired) electrons. The van der Waals surface area contributed by atoms with Crippen LogP contribution in [0.3, 0.4) is 0 Å². The van der Waals surface area contributed by atoms with E-state index in [1.54, 1.807) is 20.8 Å². The lowest BCUT2D eigenvalue weighted by molar-refractivity contribution is -0.137. The fraction of sp³-hybridized carbons (Fsp3) is 0.824. The molecule has 0 aliphatic carbocycles. The maximum absolute atomic E-state index is 11.8. The number of rotatable bonds is 12. The Labute approximate surface area is 159 Å². The van der Waals surface area contributed by atoms with E-state index < -0.39 is 29.4 Å². The van der Waals surface area contributed by atoms with Crippen LogP contribution in [-0.2, 0) is 14.4 Å². The molecule has 0 fully saturated rings. The zero-order valence-corrected chi connectivity index (χ0v) is 16.8. The molecule has 1 unspecified atom stereocenters. The van der Waals surface area contributed by atoms with Gasteiger partial charge in [0.15, 0.2) is 5.12 Å². The number of carbonyl (C=O) groups is 3. The molecule has 0 aromatic rings. The Morgan fingerprint density at radius 3 is 2.27 bits per heavy atom. The van der Waals surface area contributed by atoms with E-state index in [4.69, 9.17) is 5.11 Å². The molecule has 5 N–H and O–H groups in total. The Morgan fingerprint density at radius 2 is 1.73 bits per heavy atom. The number of aliphatic hydroxyl groups is 3. The topological polar surface area (TPSA) is 136 Å². The molecule has 0 heterocycles. The number of thioether (sulfide) groups is 1. The lowest BCUT2D eigenvalue weighted by atomic mass is 9.87. The lowest BCUT2D eigenvalue weighted by Gasteiger charge is -2.27. The van der Waals surface area contributed by atoms with Gasteiger partial charge in [-0.1, -0.05) is 39.5 Å². The van der Waals surface area contributed by atoms with Gasteiger partial charge in [-0.2, -0.15) is 0 Å². The first-order valence-electron chi connectivity index (χ1n) is 8.74. The van der Waals surface area contributed by atoms with Gasteiger partial charge >= 0.3 is 0 Å². The Hall–Kier alpha value is -1.16. The molecule has 0 aromatic heterocycles. The van der Waals surface area contributed by atoms with Crippen molar-refractivity contribution >= 4 is 28.7 Å². The fourth-order valence-electron chi connectivity index (χ4n) is 1.91. The van der Waals surface area contributed by atoms with Gasteiger partial charge in [0, 0.05) is 30.7 Å². The Balaban J connectivity index is 3.95. The minimum absolute atomic E-state index is 0.0432. The van der Waals surface area contributed by atoms with Crippen molar-refractivity contribution in [2.45, 2.75) is 52.7 Å². The van der Waals surface area contributed by atoms with Crippen LogP contribution < -0.4 is 10.6 Å². The summed E-state index contributed by atoms with van der Waals surface area (Å²) in [4.78, 5) is 35.2. The van der Waals surface area contributed by atoms with Crippen LogP contribution >= 0.6 is 11.8 Å². The second-order valence-electron chi connectivity index (χ2n) is 6.87. The van der Waals surface area contributed by atoms with Crippen LogP contribution in [-0.4, -0.2) is 69.9 Å². The average molecular weight is 393 g/mol. The molecular formula is C17H32N2O6S. The van der Waals surface area contributed by atoms with E-state index in [0.29, 0.717) is 18.7 Å². The van der Waals surface area contributed by atoms with Crippen molar-refractivity contribution in [2.24, 2.45) is 11.3 Å². The van der Waals surface area contributed by atoms with Gasteiger partial charge in [-0.05, 0) is 6.42 Å². The summed E-state index contributed by atoms with van der Waals surface area (Å²) >= 11 is 1.07. The second kappa shape index (κ2) is 12.3. The monoisotopic (exact) mass is 392 g/mol. The smallest absolute Gasteiger partial charge is 0.249 e. The SMILES string of the molecule is CCC(O)[C@H](C)C(=O)SCCNC(=O)CCNC(=O)[C@H](O)C(C)(C)CO. The Bertz CT molecular complexity index is 472. The zero-order chi connectivity index (χ0) is 20.3. The molecule has 3 atom stereocenters. The molecule has 0 saturated carbocycles. The highest BCUT2D eigenvalue weighted by Gasteiger charge is 2.32. The van der Waals surface area contributed by atoms with Crippen molar-refractivity contribution in [3.63, 3.8) is 0 Å². The number of nitrogens with one attached hydrogen (secondary N) is 2. The van der Waals surface area contributed by atoms with Crippen LogP contribution in [0.1, 0.15) is 40.5 Å². The minimum Gasteiger partial charge on any atom is -0.396 e. The van der Waals surface area contributed by atoms with Crippen molar-refractivity contribution in [1.29, 1.82) is 0 Å². The van der Waals surface area contributed by atoms with E-state index in [-0.39, 0.29) is 30.6 Å². The number of amides is 2. The molecule has 0 aliphatic rings. The Morgan fingerprint density at radius 1 is 1.12 bits per heavy atom. The summed E-state index contributed by atoms with van der Waals surface area (Å²) in [5.74, 6) is -0.955. The van der Waals surface area contributed by atoms with Crippen LogP contribution in [0.2, 0.25) is 0 Å².